The standard InChI is InChI=1S/C22H12F2O5/c1-11(25)27-20-10-19-16(9-17(20)24)22(15-8-12(23)6-7-18(15)28-19)14-5-3-2-4-13(14)21(26)29-22/h2-10H,1H3. The maximum Gasteiger partial charge on any atom is 0.340 e. The molecule has 1 atom stereocenters. The molecule has 7 heteroatoms. The summed E-state index contributed by atoms with van der Waals surface area (Å²) in [5.41, 5.74) is -0.444. The van der Waals surface area contributed by atoms with Crippen molar-refractivity contribution in [2.45, 2.75) is 12.5 Å². The highest BCUT2D eigenvalue weighted by molar-refractivity contribution is 5.97. The molecule has 29 heavy (non-hydrogen) atoms. The van der Waals surface area contributed by atoms with Gasteiger partial charge in [-0.05, 0) is 30.3 Å². The van der Waals surface area contributed by atoms with Gasteiger partial charge in [0.25, 0.3) is 0 Å². The number of carbonyl (C=O) groups is 2. The molecule has 0 fully saturated rings. The molecule has 2 aliphatic rings. The van der Waals surface area contributed by atoms with Crippen LogP contribution in [0.25, 0.3) is 0 Å². The molecule has 0 saturated heterocycles. The van der Waals surface area contributed by atoms with E-state index in [1.807, 2.05) is 0 Å². The van der Waals surface area contributed by atoms with Gasteiger partial charge < -0.3 is 14.2 Å². The molecule has 2 heterocycles. The minimum absolute atomic E-state index is 0.131. The molecule has 5 nitrogen and oxygen atoms in total. The normalized spacial score (nSPS) is 18.4. The number of fused-ring (bicyclic) bond motifs is 6. The van der Waals surface area contributed by atoms with Crippen LogP contribution in [0, 0.1) is 11.6 Å². The maximum atomic E-state index is 14.8. The Bertz CT molecular complexity index is 1220. The third-order valence-corrected chi connectivity index (χ3v) is 4.98. The number of esters is 2. The average molecular weight is 394 g/mol. The summed E-state index contributed by atoms with van der Waals surface area (Å²) >= 11 is 0. The van der Waals surface area contributed by atoms with Gasteiger partial charge in [-0.15, -0.1) is 0 Å². The number of benzene rings is 3. The van der Waals surface area contributed by atoms with E-state index in [1.165, 1.54) is 24.3 Å². The van der Waals surface area contributed by atoms with Gasteiger partial charge >= 0.3 is 11.9 Å². The van der Waals surface area contributed by atoms with E-state index in [-0.39, 0.29) is 28.4 Å². The Hall–Kier alpha value is -3.74. The highest BCUT2D eigenvalue weighted by Gasteiger charge is 2.54. The van der Waals surface area contributed by atoms with Gasteiger partial charge in [-0.3, -0.25) is 4.79 Å². The Morgan fingerprint density at radius 1 is 0.966 bits per heavy atom. The van der Waals surface area contributed by atoms with Crippen molar-refractivity contribution in [2.75, 3.05) is 0 Å². The lowest BCUT2D eigenvalue weighted by molar-refractivity contribution is -0.132. The summed E-state index contributed by atoms with van der Waals surface area (Å²) in [6.45, 7) is 1.15. The molecule has 0 saturated carbocycles. The van der Waals surface area contributed by atoms with Crippen LogP contribution in [0.2, 0.25) is 0 Å². The topological polar surface area (TPSA) is 61.8 Å². The predicted octanol–water partition coefficient (Wildman–Crippen LogP) is 4.46. The van der Waals surface area contributed by atoms with Gasteiger partial charge in [0.2, 0.25) is 0 Å². The summed E-state index contributed by atoms with van der Waals surface area (Å²) in [7, 11) is 0. The molecule has 1 spiro atoms. The summed E-state index contributed by atoms with van der Waals surface area (Å²) in [4.78, 5) is 23.9. The van der Waals surface area contributed by atoms with Crippen LogP contribution >= 0.6 is 0 Å². The van der Waals surface area contributed by atoms with Gasteiger partial charge in [0.05, 0.1) is 16.7 Å². The van der Waals surface area contributed by atoms with Crippen molar-refractivity contribution in [1.29, 1.82) is 0 Å². The smallest absolute Gasteiger partial charge is 0.340 e. The zero-order chi connectivity index (χ0) is 20.3. The number of halogens is 2. The Morgan fingerprint density at radius 3 is 2.52 bits per heavy atom. The molecule has 5 rings (SSSR count). The minimum atomic E-state index is -1.59. The van der Waals surface area contributed by atoms with Crippen molar-refractivity contribution >= 4 is 11.9 Å². The molecule has 0 bridgehead atoms. The van der Waals surface area contributed by atoms with Gasteiger partial charge in [-0.2, -0.15) is 0 Å². The lowest BCUT2D eigenvalue weighted by atomic mass is 9.77. The first-order valence-corrected chi connectivity index (χ1v) is 8.73. The van der Waals surface area contributed by atoms with E-state index in [4.69, 9.17) is 14.2 Å². The minimum Gasteiger partial charge on any atom is -0.456 e. The number of rotatable bonds is 1. The second-order valence-electron chi connectivity index (χ2n) is 6.73. The molecule has 2 aliphatic heterocycles. The molecule has 144 valence electrons. The SMILES string of the molecule is CC(=O)Oc1cc2c(cc1F)C1(OC(=O)c3ccccc31)c1cc(F)ccc1O2. The summed E-state index contributed by atoms with van der Waals surface area (Å²) < 4.78 is 45.4. The fraction of sp³-hybridized carbons (Fsp3) is 0.0909. The number of hydrogen-bond donors (Lipinski definition) is 0. The summed E-state index contributed by atoms with van der Waals surface area (Å²) in [5.74, 6) is -2.68. The van der Waals surface area contributed by atoms with Crippen LogP contribution in [0.3, 0.4) is 0 Å². The lowest BCUT2D eigenvalue weighted by Crippen LogP contribution is -2.33. The highest BCUT2D eigenvalue weighted by atomic mass is 19.1. The fourth-order valence-corrected chi connectivity index (χ4v) is 3.87. The summed E-state index contributed by atoms with van der Waals surface area (Å²) in [6.07, 6.45) is 0. The number of carbonyl (C=O) groups excluding carboxylic acids is 2. The van der Waals surface area contributed by atoms with Gasteiger partial charge in [-0.1, -0.05) is 18.2 Å². The van der Waals surface area contributed by atoms with Crippen LogP contribution in [0.1, 0.15) is 34.0 Å². The molecule has 3 aromatic rings. The average Bonchev–Trinajstić information content (AvgIpc) is 2.98. The number of hydrogen-bond acceptors (Lipinski definition) is 5. The van der Waals surface area contributed by atoms with Gasteiger partial charge in [-0.25, -0.2) is 13.6 Å². The first-order valence-electron chi connectivity index (χ1n) is 8.73. The van der Waals surface area contributed by atoms with E-state index >= 15 is 0 Å². The van der Waals surface area contributed by atoms with Crippen LogP contribution in [0.15, 0.2) is 54.6 Å². The first kappa shape index (κ1) is 17.4. The molecule has 0 aliphatic carbocycles. The van der Waals surface area contributed by atoms with Crippen molar-refractivity contribution in [3.8, 4) is 17.2 Å². The molecular weight excluding hydrogens is 382 g/mol. The molecule has 1 unspecified atom stereocenters. The lowest BCUT2D eigenvalue weighted by Gasteiger charge is -2.36. The van der Waals surface area contributed by atoms with Crippen LogP contribution < -0.4 is 9.47 Å². The molecular formula is C22H12F2O5. The Morgan fingerprint density at radius 2 is 1.72 bits per heavy atom. The summed E-state index contributed by atoms with van der Waals surface area (Å²) in [5, 5.41) is 0. The van der Waals surface area contributed by atoms with Crippen LogP contribution in [-0.4, -0.2) is 11.9 Å². The molecule has 3 aromatic carbocycles. The zero-order valence-electron chi connectivity index (χ0n) is 15.0. The molecule has 0 radical (unpaired) electrons. The monoisotopic (exact) mass is 394 g/mol. The van der Waals surface area contributed by atoms with Gasteiger partial charge in [0.15, 0.2) is 17.2 Å². The maximum absolute atomic E-state index is 14.8. The van der Waals surface area contributed by atoms with Gasteiger partial charge in [0.1, 0.15) is 17.3 Å². The predicted molar refractivity (Wildman–Crippen MR) is 95.9 cm³/mol. The van der Waals surface area contributed by atoms with E-state index < -0.39 is 29.2 Å². The quantitative estimate of drug-likeness (QED) is 0.451. The number of ether oxygens (including phenoxy) is 3. The van der Waals surface area contributed by atoms with E-state index in [2.05, 4.69) is 0 Å². The molecule has 0 aromatic heterocycles. The first-order chi connectivity index (χ1) is 13.9. The second-order valence-corrected chi connectivity index (χ2v) is 6.73. The van der Waals surface area contributed by atoms with E-state index in [1.54, 1.807) is 24.3 Å². The van der Waals surface area contributed by atoms with Crippen molar-refractivity contribution in [2.24, 2.45) is 0 Å². The fourth-order valence-electron chi connectivity index (χ4n) is 3.87. The van der Waals surface area contributed by atoms with Crippen molar-refractivity contribution in [3.63, 3.8) is 0 Å². The van der Waals surface area contributed by atoms with E-state index in [0.29, 0.717) is 11.1 Å². The second kappa shape index (κ2) is 5.88. The van der Waals surface area contributed by atoms with E-state index in [9.17, 15) is 18.4 Å². The highest BCUT2D eigenvalue weighted by Crippen LogP contribution is 2.56. The van der Waals surface area contributed by atoms with Crippen molar-refractivity contribution in [1.82, 2.24) is 0 Å². The van der Waals surface area contributed by atoms with Crippen LogP contribution in [0.5, 0.6) is 17.2 Å². The zero-order valence-corrected chi connectivity index (χ0v) is 15.0. The summed E-state index contributed by atoms with van der Waals surface area (Å²) in [6, 6.07) is 12.7. The largest absolute Gasteiger partial charge is 0.456 e. The van der Waals surface area contributed by atoms with Crippen LogP contribution in [0.4, 0.5) is 8.78 Å². The Balaban J connectivity index is 1.85. The molecule has 0 N–H and O–H groups in total. The van der Waals surface area contributed by atoms with Crippen molar-refractivity contribution in [3.05, 3.63) is 88.5 Å². The van der Waals surface area contributed by atoms with Crippen LogP contribution in [-0.2, 0) is 15.1 Å². The third-order valence-electron chi connectivity index (χ3n) is 4.98. The third kappa shape index (κ3) is 2.37. The van der Waals surface area contributed by atoms with Crippen molar-refractivity contribution < 1.29 is 32.6 Å². The van der Waals surface area contributed by atoms with E-state index in [0.717, 1.165) is 13.0 Å². The Labute approximate surface area is 163 Å². The molecule has 0 amide bonds. The Kier molecular flexibility index (Phi) is 3.52. The van der Waals surface area contributed by atoms with Gasteiger partial charge in [0, 0.05) is 18.6 Å².